The van der Waals surface area contributed by atoms with Gasteiger partial charge in [-0.2, -0.15) is 5.10 Å². The predicted octanol–water partition coefficient (Wildman–Crippen LogP) is 3.88. The van der Waals surface area contributed by atoms with Crippen molar-refractivity contribution in [1.82, 2.24) is 15.0 Å². The van der Waals surface area contributed by atoms with Gasteiger partial charge in [-0.15, -0.1) is 0 Å². The van der Waals surface area contributed by atoms with Crippen molar-refractivity contribution in [2.24, 2.45) is 16.8 Å². The molecule has 1 aromatic carbocycles. The van der Waals surface area contributed by atoms with Crippen LogP contribution in [0.25, 0.3) is 10.8 Å². The third kappa shape index (κ3) is 5.52. The summed E-state index contributed by atoms with van der Waals surface area (Å²) < 4.78 is 0.928. The van der Waals surface area contributed by atoms with E-state index in [9.17, 15) is 4.79 Å². The molecule has 0 unspecified atom stereocenters. The summed E-state index contributed by atoms with van der Waals surface area (Å²) in [5.74, 6) is 11.8. The Morgan fingerprint density at radius 3 is 2.53 bits per heavy atom. The third-order valence-corrected chi connectivity index (χ3v) is 4.55. The Balaban J connectivity index is 0.00000155. The molecule has 0 fully saturated rings. The van der Waals surface area contributed by atoms with E-state index in [0.717, 1.165) is 15.2 Å². The standard InChI is InChI=1S/C19H20BrN7O.C2H6/c1-11(2)27(22)18(26-21)15-4-3-5-17(24-15)25-19(28)16-9-13-8-14(20)7-6-12(13)10-23-16;1-2/h3-11H,21-22H2,1-2H3,(H,24,25,28);1-2H3/b26-18-;. The van der Waals surface area contributed by atoms with Gasteiger partial charge in [0.25, 0.3) is 5.91 Å². The number of nitrogens with zero attached hydrogens (tertiary/aromatic N) is 4. The van der Waals surface area contributed by atoms with Crippen LogP contribution in [0, 0.1) is 0 Å². The second-order valence-electron chi connectivity index (χ2n) is 6.38. The Kier molecular flexibility index (Phi) is 8.25. The maximum atomic E-state index is 12.6. The van der Waals surface area contributed by atoms with E-state index in [1.54, 1.807) is 30.5 Å². The van der Waals surface area contributed by atoms with E-state index in [2.05, 4.69) is 36.3 Å². The Hall–Kier alpha value is -3.04. The summed E-state index contributed by atoms with van der Waals surface area (Å²) in [6, 6.07) is 12.6. The number of hydrogen-bond acceptors (Lipinski definition) is 6. The second kappa shape index (κ2) is 10.7. The third-order valence-electron chi connectivity index (χ3n) is 4.06. The molecule has 0 spiro atoms. The lowest BCUT2D eigenvalue weighted by Gasteiger charge is -2.23. The van der Waals surface area contributed by atoms with Crippen LogP contribution in [-0.2, 0) is 0 Å². The van der Waals surface area contributed by atoms with E-state index < -0.39 is 0 Å². The van der Waals surface area contributed by atoms with Gasteiger partial charge in [0.05, 0.1) is 0 Å². The zero-order valence-corrected chi connectivity index (χ0v) is 19.0. The average molecular weight is 472 g/mol. The average Bonchev–Trinajstić information content (AvgIpc) is 2.75. The molecule has 2 aromatic heterocycles. The molecule has 30 heavy (non-hydrogen) atoms. The fourth-order valence-corrected chi connectivity index (χ4v) is 2.93. The molecule has 9 heteroatoms. The summed E-state index contributed by atoms with van der Waals surface area (Å²) in [4.78, 5) is 21.2. The van der Waals surface area contributed by atoms with Gasteiger partial charge in [0.1, 0.15) is 17.2 Å². The largest absolute Gasteiger partial charge is 0.321 e. The first-order chi connectivity index (χ1) is 14.4. The van der Waals surface area contributed by atoms with Gasteiger partial charge < -0.3 is 11.2 Å². The lowest BCUT2D eigenvalue weighted by atomic mass is 10.1. The van der Waals surface area contributed by atoms with E-state index in [1.165, 1.54) is 5.01 Å². The van der Waals surface area contributed by atoms with Gasteiger partial charge in [0, 0.05) is 22.1 Å². The first kappa shape index (κ1) is 23.2. The highest BCUT2D eigenvalue weighted by Gasteiger charge is 2.16. The van der Waals surface area contributed by atoms with Crippen molar-refractivity contribution in [1.29, 1.82) is 0 Å². The number of nitrogens with one attached hydrogen (secondary N) is 1. The van der Waals surface area contributed by atoms with Crippen LogP contribution in [-0.4, -0.2) is 32.8 Å². The van der Waals surface area contributed by atoms with Crippen molar-refractivity contribution in [2.45, 2.75) is 33.7 Å². The smallest absolute Gasteiger partial charge is 0.275 e. The van der Waals surface area contributed by atoms with E-state index in [1.807, 2.05) is 45.9 Å². The van der Waals surface area contributed by atoms with Crippen LogP contribution in [0.4, 0.5) is 5.82 Å². The molecule has 3 aromatic rings. The maximum absolute atomic E-state index is 12.6. The molecule has 0 saturated heterocycles. The van der Waals surface area contributed by atoms with Crippen LogP contribution < -0.4 is 17.0 Å². The van der Waals surface area contributed by atoms with E-state index >= 15 is 0 Å². The molecule has 158 valence electrons. The van der Waals surface area contributed by atoms with Crippen LogP contribution in [0.5, 0.6) is 0 Å². The number of anilines is 1. The molecule has 8 nitrogen and oxygen atoms in total. The number of carbonyl (C=O) groups is 1. The van der Waals surface area contributed by atoms with Gasteiger partial charge in [-0.05, 0) is 49.6 Å². The molecule has 1 amide bonds. The molecule has 0 aliphatic carbocycles. The van der Waals surface area contributed by atoms with Crippen LogP contribution >= 0.6 is 15.9 Å². The summed E-state index contributed by atoms with van der Waals surface area (Å²) in [5.41, 5.74) is 0.736. The number of pyridine rings is 2. The zero-order valence-electron chi connectivity index (χ0n) is 17.4. The molecular weight excluding hydrogens is 446 g/mol. The number of benzene rings is 1. The summed E-state index contributed by atoms with van der Waals surface area (Å²) in [5, 5.41) is 9.74. The SMILES string of the molecule is CC.CC(C)N(N)/C(=N\N)c1cccc(NC(=O)c2cc3cc(Br)ccc3cn2)n1. The highest BCUT2D eigenvalue weighted by Crippen LogP contribution is 2.20. The first-order valence-electron chi connectivity index (χ1n) is 9.55. The van der Waals surface area contributed by atoms with E-state index in [-0.39, 0.29) is 17.6 Å². The number of nitrogens with two attached hydrogens (primary N) is 2. The number of amidine groups is 1. The number of halogens is 1. The van der Waals surface area contributed by atoms with Crippen molar-refractivity contribution in [3.05, 3.63) is 64.5 Å². The number of hydrogen-bond donors (Lipinski definition) is 3. The number of aromatic nitrogens is 2. The van der Waals surface area contributed by atoms with Crippen molar-refractivity contribution in [3.8, 4) is 0 Å². The molecule has 0 saturated carbocycles. The normalized spacial score (nSPS) is 11.1. The van der Waals surface area contributed by atoms with Crippen molar-refractivity contribution in [3.63, 3.8) is 0 Å². The fourth-order valence-electron chi connectivity index (χ4n) is 2.55. The zero-order chi connectivity index (χ0) is 22.3. The van der Waals surface area contributed by atoms with Crippen LogP contribution in [0.1, 0.15) is 43.9 Å². The van der Waals surface area contributed by atoms with Crippen molar-refractivity contribution < 1.29 is 4.79 Å². The molecule has 0 radical (unpaired) electrons. The van der Waals surface area contributed by atoms with Gasteiger partial charge in [-0.3, -0.25) is 14.8 Å². The van der Waals surface area contributed by atoms with E-state index in [0.29, 0.717) is 17.3 Å². The Labute approximate surface area is 184 Å². The van der Waals surface area contributed by atoms with Crippen LogP contribution in [0.2, 0.25) is 0 Å². The Morgan fingerprint density at radius 2 is 1.87 bits per heavy atom. The Morgan fingerprint density at radius 1 is 1.13 bits per heavy atom. The molecule has 5 N–H and O–H groups in total. The minimum Gasteiger partial charge on any atom is -0.321 e. The molecule has 3 rings (SSSR count). The van der Waals surface area contributed by atoms with Crippen LogP contribution in [0.3, 0.4) is 0 Å². The number of hydrazine groups is 1. The van der Waals surface area contributed by atoms with Gasteiger partial charge in [0.2, 0.25) is 0 Å². The van der Waals surface area contributed by atoms with Crippen molar-refractivity contribution in [2.75, 3.05) is 5.32 Å². The summed E-state index contributed by atoms with van der Waals surface area (Å²) in [7, 11) is 0. The van der Waals surface area contributed by atoms with Crippen molar-refractivity contribution >= 4 is 44.3 Å². The van der Waals surface area contributed by atoms with Crippen LogP contribution in [0.15, 0.2) is 58.2 Å². The molecule has 0 atom stereocenters. The number of hydrazone groups is 1. The minimum atomic E-state index is -0.369. The molecule has 2 heterocycles. The lowest BCUT2D eigenvalue weighted by molar-refractivity contribution is 0.102. The summed E-state index contributed by atoms with van der Waals surface area (Å²) >= 11 is 3.43. The topological polar surface area (TPSA) is 123 Å². The molecular formula is C21H26BrN7O. The summed E-state index contributed by atoms with van der Waals surface area (Å²) in [6.45, 7) is 7.81. The quantitative estimate of drug-likeness (QED) is 0.229. The Bertz CT molecular complexity index is 1050. The van der Waals surface area contributed by atoms with Gasteiger partial charge in [-0.1, -0.05) is 41.9 Å². The second-order valence-corrected chi connectivity index (χ2v) is 7.29. The number of rotatable bonds is 4. The van der Waals surface area contributed by atoms with E-state index in [4.69, 9.17) is 11.7 Å². The highest BCUT2D eigenvalue weighted by molar-refractivity contribution is 9.10. The maximum Gasteiger partial charge on any atom is 0.275 e. The van der Waals surface area contributed by atoms with Gasteiger partial charge in [0.15, 0.2) is 5.84 Å². The fraction of sp³-hybridized carbons (Fsp3) is 0.238. The van der Waals surface area contributed by atoms with Gasteiger partial charge in [-0.25, -0.2) is 10.8 Å². The number of amides is 1. The number of fused-ring (bicyclic) bond motifs is 1. The minimum absolute atomic E-state index is 0.0246. The predicted molar refractivity (Wildman–Crippen MR) is 125 cm³/mol. The molecule has 0 bridgehead atoms. The molecule has 0 aliphatic rings. The molecule has 0 aliphatic heterocycles. The summed E-state index contributed by atoms with van der Waals surface area (Å²) in [6.07, 6.45) is 1.66. The lowest BCUT2D eigenvalue weighted by Crippen LogP contribution is -2.44. The highest BCUT2D eigenvalue weighted by atomic mass is 79.9. The number of carbonyl (C=O) groups excluding carboxylic acids is 1. The first-order valence-corrected chi connectivity index (χ1v) is 10.3. The van der Waals surface area contributed by atoms with Gasteiger partial charge >= 0.3 is 0 Å². The monoisotopic (exact) mass is 471 g/mol.